The van der Waals surface area contributed by atoms with Crippen molar-refractivity contribution in [3.8, 4) is 17.4 Å². The molecule has 0 fully saturated rings. The van der Waals surface area contributed by atoms with Gasteiger partial charge in [-0.05, 0) is 112 Å². The topological polar surface area (TPSA) is 55.4 Å². The van der Waals surface area contributed by atoms with Crippen LogP contribution in [0.1, 0.15) is 18.9 Å². The Bertz CT molecular complexity index is 3630. The first-order valence-corrected chi connectivity index (χ1v) is 22.6. The lowest BCUT2D eigenvalue weighted by atomic mass is 10.0. The first kappa shape index (κ1) is 34.4. The minimum atomic E-state index is -3.02. The fraction of sp³-hybridized carbons (Fsp3) is 0.0566. The number of allylic oxidation sites excluding steroid dienone is 4. The standard InChI is InChI=1S/C53H38N6Si/c1-36-14-11-20-42(30-36)60(41-18-3-2-4-19-41,43-21-12-16-39(33-43)56-47-24-7-9-26-49(47)58-46-23-6-5-15-38(46)32-52(56)58)44-22-13-17-40(34-44)57-48-25-8-10-27-50(48)59-51-31-37(35-54)28-29-45(51)55-53(57)59/h2-13,15-34,36H,14H2,1H3. The van der Waals surface area contributed by atoms with Gasteiger partial charge in [0.25, 0.3) is 0 Å². The van der Waals surface area contributed by atoms with Crippen LogP contribution in [0, 0.1) is 17.2 Å². The molecule has 4 heterocycles. The summed E-state index contributed by atoms with van der Waals surface area (Å²) in [4.78, 5) is 5.22. The number of benzene rings is 7. The largest absolute Gasteiger partial charge is 0.294 e. The molecule has 2 atom stereocenters. The van der Waals surface area contributed by atoms with Crippen LogP contribution in [0.15, 0.2) is 199 Å². The van der Waals surface area contributed by atoms with Crippen molar-refractivity contribution in [2.45, 2.75) is 13.3 Å². The van der Waals surface area contributed by atoms with E-state index in [1.54, 1.807) is 0 Å². The number of imidazole rings is 3. The lowest BCUT2D eigenvalue weighted by Crippen LogP contribution is -2.68. The Balaban J connectivity index is 1.15. The Morgan fingerprint density at radius 2 is 1.18 bits per heavy atom. The first-order chi connectivity index (χ1) is 29.6. The number of para-hydroxylation sites is 5. The van der Waals surface area contributed by atoms with Crippen LogP contribution in [-0.2, 0) is 0 Å². The smallest absolute Gasteiger partial charge is 0.220 e. The molecule has 1 aliphatic rings. The van der Waals surface area contributed by atoms with E-state index < -0.39 is 8.07 Å². The van der Waals surface area contributed by atoms with E-state index in [0.717, 1.165) is 51.3 Å². The summed E-state index contributed by atoms with van der Waals surface area (Å²) in [6.07, 6.45) is 8.35. The van der Waals surface area contributed by atoms with Crippen molar-refractivity contribution in [1.29, 1.82) is 5.26 Å². The zero-order valence-electron chi connectivity index (χ0n) is 32.9. The molecule has 0 saturated carbocycles. The number of rotatable bonds is 6. The maximum Gasteiger partial charge on any atom is 0.220 e. The maximum atomic E-state index is 9.82. The molecule has 284 valence electrons. The van der Waals surface area contributed by atoms with Crippen molar-refractivity contribution < 1.29 is 0 Å². The summed E-state index contributed by atoms with van der Waals surface area (Å²) in [5.41, 5.74) is 11.4. The molecule has 4 aromatic heterocycles. The van der Waals surface area contributed by atoms with Gasteiger partial charge in [0.15, 0.2) is 8.07 Å². The molecular formula is C53H38N6Si. The Kier molecular flexibility index (Phi) is 7.55. The van der Waals surface area contributed by atoms with Crippen LogP contribution in [0.4, 0.5) is 0 Å². The number of hydrogen-bond donors (Lipinski definition) is 0. The molecule has 11 aromatic rings. The van der Waals surface area contributed by atoms with E-state index in [9.17, 15) is 5.26 Å². The highest BCUT2D eigenvalue weighted by molar-refractivity contribution is 7.16. The van der Waals surface area contributed by atoms with Crippen molar-refractivity contribution in [3.05, 3.63) is 205 Å². The van der Waals surface area contributed by atoms with E-state index in [-0.39, 0.29) is 0 Å². The SMILES string of the molecule is CC1C=C([Si](c2ccccc2)(c2cccc(-n3c4ccccc4n4c5ccccc5cc34)c2)c2cccc(-n3c4ccccc4n4c5cc(C#N)ccc5nc34)c2)C=CC1. The Labute approximate surface area is 347 Å². The molecule has 0 N–H and O–H groups in total. The lowest BCUT2D eigenvalue weighted by molar-refractivity contribution is 0.734. The van der Waals surface area contributed by atoms with E-state index in [0.29, 0.717) is 11.5 Å². The number of nitriles is 1. The molecule has 0 saturated heterocycles. The van der Waals surface area contributed by atoms with Gasteiger partial charge in [-0.25, -0.2) is 4.98 Å². The van der Waals surface area contributed by atoms with Gasteiger partial charge in [-0.15, -0.1) is 0 Å². The van der Waals surface area contributed by atoms with Gasteiger partial charge in [-0.3, -0.25) is 17.9 Å². The minimum absolute atomic E-state index is 0.400. The highest BCUT2D eigenvalue weighted by atomic mass is 28.3. The summed E-state index contributed by atoms with van der Waals surface area (Å²) in [7, 11) is -3.02. The lowest BCUT2D eigenvalue weighted by Gasteiger charge is -2.37. The van der Waals surface area contributed by atoms with Gasteiger partial charge in [0, 0.05) is 16.8 Å². The summed E-state index contributed by atoms with van der Waals surface area (Å²) >= 11 is 0. The predicted molar refractivity (Wildman–Crippen MR) is 248 cm³/mol. The van der Waals surface area contributed by atoms with Gasteiger partial charge in [0.1, 0.15) is 5.65 Å². The van der Waals surface area contributed by atoms with Gasteiger partial charge in [0.2, 0.25) is 5.78 Å². The van der Waals surface area contributed by atoms with Gasteiger partial charge in [0.05, 0.1) is 50.2 Å². The van der Waals surface area contributed by atoms with Crippen LogP contribution in [0.2, 0.25) is 0 Å². The van der Waals surface area contributed by atoms with Crippen LogP contribution < -0.4 is 15.6 Å². The van der Waals surface area contributed by atoms with E-state index >= 15 is 0 Å². The molecule has 2 unspecified atom stereocenters. The van der Waals surface area contributed by atoms with E-state index in [4.69, 9.17) is 4.98 Å². The average Bonchev–Trinajstić information content (AvgIpc) is 4.03. The second kappa shape index (κ2) is 13.2. The van der Waals surface area contributed by atoms with Crippen molar-refractivity contribution >= 4 is 79.1 Å². The van der Waals surface area contributed by atoms with Crippen molar-refractivity contribution in [3.63, 3.8) is 0 Å². The highest BCUT2D eigenvalue weighted by Crippen LogP contribution is 2.34. The van der Waals surface area contributed by atoms with Crippen LogP contribution in [-0.4, -0.2) is 31.0 Å². The van der Waals surface area contributed by atoms with Crippen LogP contribution >= 0.6 is 0 Å². The zero-order chi connectivity index (χ0) is 40.0. The summed E-state index contributed by atoms with van der Waals surface area (Å²) in [6.45, 7) is 2.34. The molecule has 60 heavy (non-hydrogen) atoms. The summed E-state index contributed by atoms with van der Waals surface area (Å²) < 4.78 is 9.33. The summed E-state index contributed by atoms with van der Waals surface area (Å²) in [5.74, 6) is 1.22. The van der Waals surface area contributed by atoms with Gasteiger partial charge in [-0.2, -0.15) is 5.26 Å². The summed E-state index contributed by atoms with van der Waals surface area (Å²) in [6, 6.07) is 66.1. The number of fused-ring (bicyclic) bond motifs is 10. The molecule has 0 bridgehead atoms. The maximum absolute atomic E-state index is 9.82. The van der Waals surface area contributed by atoms with E-state index in [1.807, 2.05) is 18.2 Å². The van der Waals surface area contributed by atoms with Crippen LogP contribution in [0.3, 0.4) is 0 Å². The van der Waals surface area contributed by atoms with Crippen molar-refractivity contribution in [1.82, 2.24) is 22.9 Å². The van der Waals surface area contributed by atoms with Crippen molar-refractivity contribution in [2.24, 2.45) is 5.92 Å². The number of hydrogen-bond acceptors (Lipinski definition) is 2. The Morgan fingerprint density at radius 3 is 1.90 bits per heavy atom. The van der Waals surface area contributed by atoms with Gasteiger partial charge >= 0.3 is 0 Å². The third-order valence-corrected chi connectivity index (χ3v) is 17.4. The quantitative estimate of drug-likeness (QED) is 0.125. The monoisotopic (exact) mass is 786 g/mol. The number of aromatic nitrogens is 5. The highest BCUT2D eigenvalue weighted by Gasteiger charge is 2.43. The Morgan fingerprint density at radius 1 is 0.567 bits per heavy atom. The van der Waals surface area contributed by atoms with Crippen molar-refractivity contribution in [2.75, 3.05) is 0 Å². The predicted octanol–water partition coefficient (Wildman–Crippen LogP) is 10.2. The van der Waals surface area contributed by atoms with Crippen LogP contribution in [0.25, 0.3) is 66.8 Å². The Hall–Kier alpha value is -7.66. The first-order valence-electron chi connectivity index (χ1n) is 20.6. The molecular weight excluding hydrogens is 749 g/mol. The molecule has 0 spiro atoms. The van der Waals surface area contributed by atoms with Crippen LogP contribution in [0.5, 0.6) is 0 Å². The normalized spacial score (nSPS) is 15.3. The fourth-order valence-electron chi connectivity index (χ4n) is 10.1. The molecule has 7 aromatic carbocycles. The minimum Gasteiger partial charge on any atom is -0.294 e. The average molecular weight is 787 g/mol. The third-order valence-electron chi connectivity index (χ3n) is 12.6. The molecule has 12 rings (SSSR count). The molecule has 7 heteroatoms. The zero-order valence-corrected chi connectivity index (χ0v) is 33.9. The second-order valence-corrected chi connectivity index (χ2v) is 19.9. The number of nitrogens with zero attached hydrogens (tertiary/aromatic N) is 6. The third kappa shape index (κ3) is 4.89. The summed E-state index contributed by atoms with van der Waals surface area (Å²) in [5, 5.41) is 16.4. The van der Waals surface area contributed by atoms with E-state index in [1.165, 1.54) is 42.7 Å². The van der Waals surface area contributed by atoms with E-state index in [2.05, 4.69) is 207 Å². The molecule has 0 amide bonds. The molecule has 1 aliphatic carbocycles. The van der Waals surface area contributed by atoms with Gasteiger partial charge in [-0.1, -0.05) is 122 Å². The molecule has 6 nitrogen and oxygen atoms in total. The second-order valence-electron chi connectivity index (χ2n) is 16.1. The fourth-order valence-corrected chi connectivity index (χ4v) is 15.1. The molecule has 0 radical (unpaired) electrons. The van der Waals surface area contributed by atoms with Gasteiger partial charge < -0.3 is 0 Å². The molecule has 0 aliphatic heterocycles.